The Morgan fingerprint density at radius 2 is 1.47 bits per heavy atom. The zero-order valence-corrected chi connectivity index (χ0v) is 17.8. The van der Waals surface area contributed by atoms with Crippen molar-refractivity contribution in [2.75, 3.05) is 0 Å². The van der Waals surface area contributed by atoms with Crippen LogP contribution in [0, 0.1) is 11.6 Å². The third-order valence-corrected chi connectivity index (χ3v) is 5.96. The lowest BCUT2D eigenvalue weighted by Crippen LogP contribution is -2.38. The Morgan fingerprint density at radius 3 is 2.09 bits per heavy atom. The van der Waals surface area contributed by atoms with Gasteiger partial charge >= 0.3 is 0 Å². The van der Waals surface area contributed by atoms with Gasteiger partial charge in [0.15, 0.2) is 0 Å². The summed E-state index contributed by atoms with van der Waals surface area (Å²) in [5, 5.41) is 3.04. The molecule has 1 aliphatic rings. The van der Waals surface area contributed by atoms with Gasteiger partial charge in [0.05, 0.1) is 6.54 Å². The maximum absolute atomic E-state index is 13.4. The molecule has 166 valence electrons. The van der Waals surface area contributed by atoms with Crippen LogP contribution in [-0.2, 0) is 6.54 Å². The number of halogens is 2. The van der Waals surface area contributed by atoms with Gasteiger partial charge in [-0.2, -0.15) is 0 Å². The average molecular weight is 437 g/mol. The number of nitrogens with one attached hydrogen (secondary N) is 1. The summed E-state index contributed by atoms with van der Waals surface area (Å²) in [7, 11) is 0. The average Bonchev–Trinajstić information content (AvgIpc) is 3.06. The zero-order chi connectivity index (χ0) is 22.5. The van der Waals surface area contributed by atoms with Gasteiger partial charge in [-0.05, 0) is 59.9 Å². The molecule has 0 aliphatic heterocycles. The second-order valence-corrected chi connectivity index (χ2v) is 8.37. The minimum atomic E-state index is -0.411. The second kappa shape index (κ2) is 9.90. The molecule has 1 N–H and O–H groups in total. The fourth-order valence-electron chi connectivity index (χ4n) is 4.19. The van der Waals surface area contributed by atoms with Gasteiger partial charge in [-0.1, -0.05) is 49.9 Å². The lowest BCUT2D eigenvalue weighted by molar-refractivity contribution is 0.0931. The van der Waals surface area contributed by atoms with Gasteiger partial charge < -0.3 is 9.88 Å². The summed E-state index contributed by atoms with van der Waals surface area (Å²) < 4.78 is 28.2. The van der Waals surface area contributed by atoms with E-state index in [4.69, 9.17) is 0 Å². The third-order valence-electron chi connectivity index (χ3n) is 5.96. The topological polar surface area (TPSA) is 51.1 Å². The summed E-state index contributed by atoms with van der Waals surface area (Å²) in [6.07, 6.45) is 7.93. The fraction of sp³-hybridized carbons (Fsp3) is 0.308. The summed E-state index contributed by atoms with van der Waals surface area (Å²) in [6.45, 7) is 0.192. The van der Waals surface area contributed by atoms with E-state index >= 15 is 0 Å². The summed E-state index contributed by atoms with van der Waals surface area (Å²) >= 11 is 0. The molecule has 32 heavy (non-hydrogen) atoms. The molecule has 6 heteroatoms. The van der Waals surface area contributed by atoms with Crippen molar-refractivity contribution in [3.63, 3.8) is 0 Å². The molecule has 1 aliphatic carbocycles. The molecule has 2 aromatic carbocycles. The maximum atomic E-state index is 13.4. The van der Waals surface area contributed by atoms with Crippen molar-refractivity contribution in [3.05, 3.63) is 93.9 Å². The smallest absolute Gasteiger partial charge is 0.263 e. The Balaban J connectivity index is 1.70. The Morgan fingerprint density at radius 1 is 0.875 bits per heavy atom. The van der Waals surface area contributed by atoms with Gasteiger partial charge in [-0.15, -0.1) is 0 Å². The first kappa shape index (κ1) is 21.9. The normalized spacial score (nSPS) is 14.7. The van der Waals surface area contributed by atoms with Crippen LogP contribution in [0.1, 0.15) is 54.4 Å². The van der Waals surface area contributed by atoms with E-state index < -0.39 is 11.5 Å². The molecule has 0 saturated heterocycles. The number of amides is 1. The van der Waals surface area contributed by atoms with Crippen molar-refractivity contribution in [1.82, 2.24) is 9.88 Å². The lowest BCUT2D eigenvalue weighted by atomic mass is 10.0. The molecule has 1 fully saturated rings. The quantitative estimate of drug-likeness (QED) is 0.552. The number of hydrogen-bond acceptors (Lipinski definition) is 2. The van der Waals surface area contributed by atoms with Crippen LogP contribution >= 0.6 is 0 Å². The molecule has 0 bridgehead atoms. The molecule has 3 aromatic rings. The molecule has 1 saturated carbocycles. The van der Waals surface area contributed by atoms with E-state index in [9.17, 15) is 18.4 Å². The van der Waals surface area contributed by atoms with Gasteiger partial charge in [0.1, 0.15) is 17.2 Å². The van der Waals surface area contributed by atoms with E-state index in [0.717, 1.165) is 44.1 Å². The Hall–Kier alpha value is -3.28. The minimum Gasteiger partial charge on any atom is -0.349 e. The molecule has 1 heterocycles. The van der Waals surface area contributed by atoms with E-state index in [-0.39, 0.29) is 29.8 Å². The lowest BCUT2D eigenvalue weighted by Gasteiger charge is -2.17. The number of carbonyl (C=O) groups is 1. The van der Waals surface area contributed by atoms with Crippen LogP contribution in [0.3, 0.4) is 0 Å². The van der Waals surface area contributed by atoms with E-state index in [0.29, 0.717) is 11.1 Å². The van der Waals surface area contributed by atoms with Gasteiger partial charge in [-0.25, -0.2) is 8.78 Å². The third kappa shape index (κ3) is 5.31. The van der Waals surface area contributed by atoms with Gasteiger partial charge in [0.25, 0.3) is 11.5 Å². The number of rotatable bonds is 5. The Bertz CT molecular complexity index is 1130. The maximum Gasteiger partial charge on any atom is 0.263 e. The molecule has 0 unspecified atom stereocenters. The highest BCUT2D eigenvalue weighted by atomic mass is 19.1. The molecular formula is C26H26F2N2O2. The van der Waals surface area contributed by atoms with Crippen LogP contribution in [0.5, 0.6) is 0 Å². The number of nitrogens with zero attached hydrogens (tertiary/aromatic N) is 1. The van der Waals surface area contributed by atoms with Crippen LogP contribution in [0.2, 0.25) is 0 Å². The van der Waals surface area contributed by atoms with Crippen LogP contribution in [0.25, 0.3) is 11.1 Å². The molecule has 4 nitrogen and oxygen atoms in total. The zero-order valence-electron chi connectivity index (χ0n) is 17.8. The van der Waals surface area contributed by atoms with Crippen molar-refractivity contribution < 1.29 is 13.6 Å². The SMILES string of the molecule is O=C(NC1CCCCCC1)c1cc(-c2ccc(F)cc2)cn(Cc2ccc(F)cc2)c1=O. The van der Waals surface area contributed by atoms with Crippen LogP contribution in [0.4, 0.5) is 8.78 Å². The minimum absolute atomic E-state index is 0.0539. The first-order valence-corrected chi connectivity index (χ1v) is 11.1. The molecule has 1 aromatic heterocycles. The van der Waals surface area contributed by atoms with Gasteiger partial charge in [0, 0.05) is 12.2 Å². The number of hydrogen-bond donors (Lipinski definition) is 1. The number of pyridine rings is 1. The van der Waals surface area contributed by atoms with Crippen LogP contribution < -0.4 is 10.9 Å². The molecular weight excluding hydrogens is 410 g/mol. The highest BCUT2D eigenvalue weighted by Crippen LogP contribution is 2.21. The van der Waals surface area contributed by atoms with Crippen LogP contribution in [0.15, 0.2) is 65.6 Å². The highest BCUT2D eigenvalue weighted by Gasteiger charge is 2.20. The number of carbonyl (C=O) groups excluding carboxylic acids is 1. The van der Waals surface area contributed by atoms with Gasteiger partial charge in [-0.3, -0.25) is 9.59 Å². The fourth-order valence-corrected chi connectivity index (χ4v) is 4.19. The van der Waals surface area contributed by atoms with Gasteiger partial charge in [0.2, 0.25) is 0 Å². The summed E-state index contributed by atoms with van der Waals surface area (Å²) in [4.78, 5) is 26.3. The standard InChI is InChI=1S/C26H26F2N2O2/c27-21-11-7-18(8-12-21)16-30-17-20(19-9-13-22(28)14-10-19)15-24(26(30)32)25(31)29-23-5-3-1-2-4-6-23/h7-15,17,23H,1-6,16H2,(H,29,31). The van der Waals surface area contributed by atoms with E-state index in [1.54, 1.807) is 36.5 Å². The number of aromatic nitrogens is 1. The summed E-state index contributed by atoms with van der Waals surface area (Å²) in [5.74, 6) is -1.11. The van der Waals surface area contributed by atoms with Crippen LogP contribution in [-0.4, -0.2) is 16.5 Å². The summed E-state index contributed by atoms with van der Waals surface area (Å²) in [6, 6.07) is 13.4. The first-order valence-electron chi connectivity index (χ1n) is 11.1. The number of benzene rings is 2. The van der Waals surface area contributed by atoms with E-state index in [1.165, 1.54) is 28.8 Å². The Labute approximate surface area is 185 Å². The summed E-state index contributed by atoms with van der Waals surface area (Å²) in [5.41, 5.74) is 1.71. The largest absolute Gasteiger partial charge is 0.349 e. The van der Waals surface area contributed by atoms with Crippen molar-refractivity contribution in [2.45, 2.75) is 51.1 Å². The van der Waals surface area contributed by atoms with Crippen molar-refractivity contribution in [2.24, 2.45) is 0 Å². The predicted molar refractivity (Wildman–Crippen MR) is 121 cm³/mol. The van der Waals surface area contributed by atoms with E-state index in [1.807, 2.05) is 0 Å². The molecule has 0 spiro atoms. The molecule has 0 radical (unpaired) electrons. The molecule has 1 amide bonds. The van der Waals surface area contributed by atoms with Crippen molar-refractivity contribution in [3.8, 4) is 11.1 Å². The second-order valence-electron chi connectivity index (χ2n) is 8.37. The Kier molecular flexibility index (Phi) is 6.78. The van der Waals surface area contributed by atoms with Crippen molar-refractivity contribution in [1.29, 1.82) is 0 Å². The predicted octanol–water partition coefficient (Wildman–Crippen LogP) is 5.29. The molecule has 4 rings (SSSR count). The van der Waals surface area contributed by atoms with Crippen molar-refractivity contribution >= 4 is 5.91 Å². The van der Waals surface area contributed by atoms with E-state index in [2.05, 4.69) is 5.32 Å². The highest BCUT2D eigenvalue weighted by molar-refractivity contribution is 5.95. The monoisotopic (exact) mass is 436 g/mol. The first-order chi connectivity index (χ1) is 15.5. The molecule has 0 atom stereocenters.